The third-order valence-electron chi connectivity index (χ3n) is 3.20. The maximum absolute atomic E-state index is 10.2. The number of nitrogens with one attached hydrogen (secondary N) is 1. The number of aryl methyl sites for hydroxylation is 2. The molecule has 0 saturated carbocycles. The number of thiazole rings is 1. The lowest BCUT2D eigenvalue weighted by Crippen LogP contribution is -2.24. The summed E-state index contributed by atoms with van der Waals surface area (Å²) in [6.07, 6.45) is -0.538. The van der Waals surface area contributed by atoms with Gasteiger partial charge in [0.1, 0.15) is 0 Å². The maximum atomic E-state index is 10.2. The molecule has 0 aliphatic rings. The lowest BCUT2D eigenvalue weighted by molar-refractivity contribution is 0.171. The van der Waals surface area contributed by atoms with Crippen LogP contribution in [0.3, 0.4) is 0 Å². The second kappa shape index (κ2) is 6.68. The van der Waals surface area contributed by atoms with E-state index in [1.54, 1.807) is 23.5 Å². The van der Waals surface area contributed by atoms with E-state index < -0.39 is 6.10 Å². The van der Waals surface area contributed by atoms with E-state index in [0.29, 0.717) is 11.6 Å². The molecule has 1 heterocycles. The van der Waals surface area contributed by atoms with Crippen molar-refractivity contribution < 1.29 is 5.11 Å². The van der Waals surface area contributed by atoms with Crippen LogP contribution in [0.1, 0.15) is 40.2 Å². The van der Waals surface area contributed by atoms with Crippen molar-refractivity contribution in [1.29, 1.82) is 0 Å². The van der Waals surface area contributed by atoms with Gasteiger partial charge in [0.15, 0.2) is 0 Å². The van der Waals surface area contributed by atoms with Crippen LogP contribution in [0, 0.1) is 13.8 Å². The van der Waals surface area contributed by atoms with Gasteiger partial charge >= 0.3 is 0 Å². The summed E-state index contributed by atoms with van der Waals surface area (Å²) in [4.78, 5) is 5.66. The fraction of sp³-hybridized carbons (Fsp3) is 0.400. The first kappa shape index (κ1) is 15.4. The zero-order valence-electron chi connectivity index (χ0n) is 11.9. The topological polar surface area (TPSA) is 45.2 Å². The SMILES string of the molecule is Cc1nc(C)c(C(C)NCC(O)c2ccc(Cl)cc2)s1. The minimum absolute atomic E-state index is 0.183. The van der Waals surface area contributed by atoms with Crippen molar-refractivity contribution in [3.05, 3.63) is 50.4 Å². The maximum Gasteiger partial charge on any atom is 0.0914 e. The zero-order chi connectivity index (χ0) is 14.7. The molecule has 1 aromatic carbocycles. The van der Waals surface area contributed by atoms with Gasteiger partial charge in [0, 0.05) is 22.5 Å². The van der Waals surface area contributed by atoms with Crippen LogP contribution in [0.15, 0.2) is 24.3 Å². The van der Waals surface area contributed by atoms with Crippen molar-refractivity contribution in [2.75, 3.05) is 6.54 Å². The Morgan fingerprint density at radius 1 is 1.30 bits per heavy atom. The highest BCUT2D eigenvalue weighted by Crippen LogP contribution is 2.25. The second-order valence-corrected chi connectivity index (χ2v) is 6.55. The lowest BCUT2D eigenvalue weighted by atomic mass is 10.1. The average Bonchev–Trinajstić information content (AvgIpc) is 2.75. The van der Waals surface area contributed by atoms with Crippen LogP contribution >= 0.6 is 22.9 Å². The summed E-state index contributed by atoms with van der Waals surface area (Å²) in [5.74, 6) is 0. The van der Waals surface area contributed by atoms with Crippen LogP contribution in [-0.4, -0.2) is 16.6 Å². The van der Waals surface area contributed by atoms with Gasteiger partial charge in [0.05, 0.1) is 16.8 Å². The van der Waals surface area contributed by atoms with E-state index in [9.17, 15) is 5.11 Å². The Morgan fingerprint density at radius 3 is 2.50 bits per heavy atom. The summed E-state index contributed by atoms with van der Waals surface area (Å²) in [6.45, 7) is 6.62. The average molecular weight is 311 g/mol. The molecule has 0 spiro atoms. The van der Waals surface area contributed by atoms with Crippen molar-refractivity contribution in [1.82, 2.24) is 10.3 Å². The molecule has 108 valence electrons. The Morgan fingerprint density at radius 2 is 1.95 bits per heavy atom. The molecule has 0 amide bonds. The molecule has 2 N–H and O–H groups in total. The summed E-state index contributed by atoms with van der Waals surface area (Å²) in [5, 5.41) is 15.3. The number of aromatic nitrogens is 1. The smallest absolute Gasteiger partial charge is 0.0914 e. The molecule has 0 saturated heterocycles. The Bertz CT molecular complexity index is 568. The molecule has 3 nitrogen and oxygen atoms in total. The highest BCUT2D eigenvalue weighted by atomic mass is 35.5. The number of rotatable bonds is 5. The van der Waals surface area contributed by atoms with E-state index in [0.717, 1.165) is 16.3 Å². The van der Waals surface area contributed by atoms with Gasteiger partial charge in [0.2, 0.25) is 0 Å². The van der Waals surface area contributed by atoms with E-state index in [-0.39, 0.29) is 6.04 Å². The molecule has 2 rings (SSSR count). The van der Waals surface area contributed by atoms with E-state index >= 15 is 0 Å². The Kier molecular flexibility index (Phi) is 5.16. The predicted molar refractivity (Wildman–Crippen MR) is 84.4 cm³/mol. The van der Waals surface area contributed by atoms with Gasteiger partial charge in [-0.3, -0.25) is 0 Å². The third-order valence-corrected chi connectivity index (χ3v) is 4.71. The van der Waals surface area contributed by atoms with E-state index in [4.69, 9.17) is 11.6 Å². The molecule has 20 heavy (non-hydrogen) atoms. The molecule has 2 unspecified atom stereocenters. The van der Waals surface area contributed by atoms with Crippen molar-refractivity contribution in [3.63, 3.8) is 0 Å². The predicted octanol–water partition coefficient (Wildman–Crippen LogP) is 3.80. The minimum Gasteiger partial charge on any atom is -0.387 e. The van der Waals surface area contributed by atoms with Gasteiger partial charge < -0.3 is 10.4 Å². The third kappa shape index (κ3) is 3.79. The van der Waals surface area contributed by atoms with Crippen LogP contribution < -0.4 is 5.32 Å². The van der Waals surface area contributed by atoms with Crippen LogP contribution in [0.2, 0.25) is 5.02 Å². The number of aliphatic hydroxyl groups is 1. The normalized spacial score (nSPS) is 14.2. The Balaban J connectivity index is 1.94. The van der Waals surface area contributed by atoms with Gasteiger partial charge in [0.25, 0.3) is 0 Å². The molecular weight excluding hydrogens is 292 g/mol. The molecule has 2 atom stereocenters. The first-order valence-electron chi connectivity index (χ1n) is 6.58. The summed E-state index contributed by atoms with van der Waals surface area (Å²) >= 11 is 7.54. The van der Waals surface area contributed by atoms with Gasteiger partial charge in [-0.25, -0.2) is 4.98 Å². The van der Waals surface area contributed by atoms with E-state index in [1.165, 1.54) is 4.88 Å². The Labute approximate surface area is 128 Å². The van der Waals surface area contributed by atoms with Crippen molar-refractivity contribution in [3.8, 4) is 0 Å². The summed E-state index contributed by atoms with van der Waals surface area (Å²) in [7, 11) is 0. The van der Waals surface area contributed by atoms with Crippen LogP contribution in [0.4, 0.5) is 0 Å². The molecule has 0 radical (unpaired) electrons. The molecule has 0 aliphatic heterocycles. The van der Waals surface area contributed by atoms with Crippen LogP contribution in [0.5, 0.6) is 0 Å². The van der Waals surface area contributed by atoms with Crippen molar-refractivity contribution in [2.24, 2.45) is 0 Å². The van der Waals surface area contributed by atoms with Crippen LogP contribution in [0.25, 0.3) is 0 Å². The monoisotopic (exact) mass is 310 g/mol. The molecule has 0 fully saturated rings. The Hall–Kier alpha value is -0.940. The summed E-state index contributed by atoms with van der Waals surface area (Å²) < 4.78 is 0. The fourth-order valence-electron chi connectivity index (χ4n) is 2.13. The van der Waals surface area contributed by atoms with Crippen molar-refractivity contribution >= 4 is 22.9 Å². The molecular formula is C15H19ClN2OS. The zero-order valence-corrected chi connectivity index (χ0v) is 13.4. The minimum atomic E-state index is -0.538. The molecule has 1 aromatic heterocycles. The summed E-state index contributed by atoms with van der Waals surface area (Å²) in [5.41, 5.74) is 1.93. The first-order valence-corrected chi connectivity index (χ1v) is 7.77. The molecule has 2 aromatic rings. The number of benzene rings is 1. The standard InChI is InChI=1S/C15H19ClN2OS/c1-9(15-10(2)18-11(3)20-15)17-8-14(19)12-4-6-13(16)7-5-12/h4-7,9,14,17,19H,8H2,1-3H3. The van der Waals surface area contributed by atoms with Gasteiger partial charge in [-0.05, 0) is 38.5 Å². The number of aliphatic hydroxyl groups excluding tert-OH is 1. The number of hydrogen-bond donors (Lipinski definition) is 2. The molecule has 0 bridgehead atoms. The van der Waals surface area contributed by atoms with Gasteiger partial charge in [-0.1, -0.05) is 23.7 Å². The lowest BCUT2D eigenvalue weighted by Gasteiger charge is -2.17. The largest absolute Gasteiger partial charge is 0.387 e. The van der Waals surface area contributed by atoms with Gasteiger partial charge in [-0.2, -0.15) is 0 Å². The van der Waals surface area contributed by atoms with Gasteiger partial charge in [-0.15, -0.1) is 11.3 Å². The van der Waals surface area contributed by atoms with Crippen LogP contribution in [-0.2, 0) is 0 Å². The fourth-order valence-corrected chi connectivity index (χ4v) is 3.21. The number of nitrogens with zero attached hydrogens (tertiary/aromatic N) is 1. The molecule has 5 heteroatoms. The highest BCUT2D eigenvalue weighted by Gasteiger charge is 2.14. The number of halogens is 1. The molecule has 0 aliphatic carbocycles. The van der Waals surface area contributed by atoms with E-state index in [2.05, 4.69) is 17.2 Å². The first-order chi connectivity index (χ1) is 9.47. The number of hydrogen-bond acceptors (Lipinski definition) is 4. The highest BCUT2D eigenvalue weighted by molar-refractivity contribution is 7.11. The quantitative estimate of drug-likeness (QED) is 0.883. The summed E-state index contributed by atoms with van der Waals surface area (Å²) in [6, 6.07) is 7.46. The van der Waals surface area contributed by atoms with E-state index in [1.807, 2.05) is 26.0 Å². The van der Waals surface area contributed by atoms with Crippen molar-refractivity contribution in [2.45, 2.75) is 32.9 Å². The second-order valence-electron chi connectivity index (χ2n) is 4.88.